The summed E-state index contributed by atoms with van der Waals surface area (Å²) in [5, 5.41) is 11.6. The van der Waals surface area contributed by atoms with Crippen LogP contribution in [0.25, 0.3) is 0 Å². The van der Waals surface area contributed by atoms with E-state index in [1.54, 1.807) is 27.9 Å². The van der Waals surface area contributed by atoms with Gasteiger partial charge < -0.3 is 10.2 Å². The first kappa shape index (κ1) is 17.6. The molecule has 1 aromatic rings. The molecule has 0 aliphatic heterocycles. The Morgan fingerprint density at radius 2 is 1.95 bits per heavy atom. The highest BCUT2D eigenvalue weighted by Gasteiger charge is 2.30. The molecule has 0 aromatic heterocycles. The molecule has 22 heavy (non-hydrogen) atoms. The number of halogens is 1. The first-order valence-corrected chi connectivity index (χ1v) is 6.88. The summed E-state index contributed by atoms with van der Waals surface area (Å²) in [6, 6.07) is 5.72. The summed E-state index contributed by atoms with van der Waals surface area (Å²) in [4.78, 5) is 25.2. The van der Waals surface area contributed by atoms with Crippen LogP contribution in [0.4, 0.5) is 4.39 Å². The third-order valence-electron chi connectivity index (χ3n) is 3.44. The summed E-state index contributed by atoms with van der Waals surface area (Å²) >= 11 is 0. The minimum atomic E-state index is -1.01. The molecule has 118 valence electrons. The molecule has 1 aromatic carbocycles. The summed E-state index contributed by atoms with van der Waals surface area (Å²) in [6.07, 6.45) is 0.196. The van der Waals surface area contributed by atoms with Crippen molar-refractivity contribution in [1.82, 2.24) is 10.2 Å². The van der Waals surface area contributed by atoms with E-state index in [9.17, 15) is 14.0 Å². The van der Waals surface area contributed by atoms with Gasteiger partial charge in [-0.25, -0.2) is 4.39 Å². The maximum Gasteiger partial charge on any atom is 0.230 e. The lowest BCUT2D eigenvalue weighted by Gasteiger charge is -2.24. The lowest BCUT2D eigenvalue weighted by Crippen LogP contribution is -2.41. The predicted molar refractivity (Wildman–Crippen MR) is 80.5 cm³/mol. The molecule has 0 aliphatic carbocycles. The Morgan fingerprint density at radius 1 is 1.32 bits per heavy atom. The van der Waals surface area contributed by atoms with Crippen LogP contribution in [-0.4, -0.2) is 37.4 Å². The fourth-order valence-electron chi connectivity index (χ4n) is 1.87. The van der Waals surface area contributed by atoms with Gasteiger partial charge in [-0.05, 0) is 37.6 Å². The number of rotatable bonds is 5. The molecule has 6 heteroatoms. The van der Waals surface area contributed by atoms with E-state index >= 15 is 0 Å². The van der Waals surface area contributed by atoms with Crippen molar-refractivity contribution in [2.24, 2.45) is 0 Å². The molecule has 0 radical (unpaired) electrons. The number of nitrogens with zero attached hydrogens (tertiary/aromatic N) is 2. The average molecular weight is 305 g/mol. The molecule has 0 spiro atoms. The lowest BCUT2D eigenvalue weighted by molar-refractivity contribution is -0.129. The minimum Gasteiger partial charge on any atom is -0.355 e. The second kappa shape index (κ2) is 7.03. The monoisotopic (exact) mass is 305 g/mol. The normalized spacial score (nSPS) is 10.7. The van der Waals surface area contributed by atoms with Crippen LogP contribution in [0, 0.1) is 17.1 Å². The highest BCUT2D eigenvalue weighted by Crippen LogP contribution is 2.25. The summed E-state index contributed by atoms with van der Waals surface area (Å²) in [6.45, 7) is 3.50. The summed E-state index contributed by atoms with van der Waals surface area (Å²) in [7, 11) is 3.29. The molecule has 2 amide bonds. The van der Waals surface area contributed by atoms with Gasteiger partial charge in [0.25, 0.3) is 0 Å². The van der Waals surface area contributed by atoms with Crippen molar-refractivity contribution < 1.29 is 14.0 Å². The van der Waals surface area contributed by atoms with Crippen molar-refractivity contribution in [1.29, 1.82) is 5.26 Å². The fourth-order valence-corrected chi connectivity index (χ4v) is 1.87. The SMILES string of the molecule is CN(C)C(=O)CCNC(=O)C(C)(C)c1cc(F)cc(C#N)c1. The van der Waals surface area contributed by atoms with Crippen LogP contribution in [0.5, 0.6) is 0 Å². The topological polar surface area (TPSA) is 73.2 Å². The third-order valence-corrected chi connectivity index (χ3v) is 3.44. The molecule has 0 heterocycles. The largest absolute Gasteiger partial charge is 0.355 e. The van der Waals surface area contributed by atoms with Crippen LogP contribution in [0.15, 0.2) is 18.2 Å². The number of carbonyl (C=O) groups is 2. The van der Waals surface area contributed by atoms with E-state index < -0.39 is 11.2 Å². The maximum absolute atomic E-state index is 13.5. The van der Waals surface area contributed by atoms with Crippen LogP contribution < -0.4 is 5.32 Å². The Balaban J connectivity index is 2.81. The average Bonchev–Trinajstić information content (AvgIpc) is 2.45. The van der Waals surface area contributed by atoms with Gasteiger partial charge in [0.2, 0.25) is 11.8 Å². The van der Waals surface area contributed by atoms with E-state index in [4.69, 9.17) is 5.26 Å². The van der Waals surface area contributed by atoms with Crippen molar-refractivity contribution in [3.63, 3.8) is 0 Å². The maximum atomic E-state index is 13.5. The fraction of sp³-hybridized carbons (Fsp3) is 0.438. The molecule has 0 saturated carbocycles. The zero-order chi connectivity index (χ0) is 16.9. The van der Waals surface area contributed by atoms with Crippen LogP contribution >= 0.6 is 0 Å². The Kier molecular flexibility index (Phi) is 5.63. The van der Waals surface area contributed by atoms with Crippen LogP contribution in [-0.2, 0) is 15.0 Å². The number of hydrogen-bond acceptors (Lipinski definition) is 3. The van der Waals surface area contributed by atoms with Crippen molar-refractivity contribution in [3.05, 3.63) is 35.1 Å². The van der Waals surface area contributed by atoms with Gasteiger partial charge in [-0.2, -0.15) is 5.26 Å². The standard InChI is InChI=1S/C16H20FN3O2/c1-16(2,12-7-11(10-18)8-13(17)9-12)15(22)19-6-5-14(21)20(3)4/h7-9H,5-6H2,1-4H3,(H,19,22). The Labute approximate surface area is 129 Å². The Morgan fingerprint density at radius 3 is 2.50 bits per heavy atom. The van der Waals surface area contributed by atoms with E-state index in [2.05, 4.69) is 5.32 Å². The van der Waals surface area contributed by atoms with Crippen molar-refractivity contribution in [2.75, 3.05) is 20.6 Å². The van der Waals surface area contributed by atoms with Gasteiger partial charge in [-0.3, -0.25) is 9.59 Å². The van der Waals surface area contributed by atoms with Crippen LogP contribution in [0.2, 0.25) is 0 Å². The molecular weight excluding hydrogens is 285 g/mol. The quantitative estimate of drug-likeness (QED) is 0.897. The van der Waals surface area contributed by atoms with Gasteiger partial charge in [-0.15, -0.1) is 0 Å². The lowest BCUT2D eigenvalue weighted by atomic mass is 9.83. The highest BCUT2D eigenvalue weighted by molar-refractivity contribution is 5.87. The van der Waals surface area contributed by atoms with Gasteiger partial charge in [0.15, 0.2) is 0 Å². The van der Waals surface area contributed by atoms with Crippen LogP contribution in [0.1, 0.15) is 31.4 Å². The zero-order valence-electron chi connectivity index (χ0n) is 13.2. The number of nitriles is 1. The second-order valence-electron chi connectivity index (χ2n) is 5.76. The second-order valence-corrected chi connectivity index (χ2v) is 5.76. The van der Waals surface area contributed by atoms with Gasteiger partial charge in [0, 0.05) is 27.1 Å². The van der Waals surface area contributed by atoms with Gasteiger partial charge >= 0.3 is 0 Å². The molecule has 0 fully saturated rings. The number of nitrogens with one attached hydrogen (secondary N) is 1. The van der Waals surface area contributed by atoms with Crippen molar-refractivity contribution >= 4 is 11.8 Å². The molecule has 1 rings (SSSR count). The zero-order valence-corrected chi connectivity index (χ0v) is 13.2. The van der Waals surface area contributed by atoms with E-state index in [0.717, 1.165) is 6.07 Å². The Hall–Kier alpha value is -2.42. The molecule has 0 aliphatic rings. The van der Waals surface area contributed by atoms with E-state index in [0.29, 0.717) is 5.56 Å². The minimum absolute atomic E-state index is 0.0874. The highest BCUT2D eigenvalue weighted by atomic mass is 19.1. The number of carbonyl (C=O) groups excluding carboxylic acids is 2. The molecule has 0 unspecified atom stereocenters. The summed E-state index contributed by atoms with van der Waals surface area (Å²) in [5.41, 5.74) is -0.423. The third kappa shape index (κ3) is 4.29. The van der Waals surface area contributed by atoms with Gasteiger partial charge in [-0.1, -0.05) is 0 Å². The smallest absolute Gasteiger partial charge is 0.230 e. The van der Waals surface area contributed by atoms with Crippen LogP contribution in [0.3, 0.4) is 0 Å². The van der Waals surface area contributed by atoms with Gasteiger partial charge in [0.1, 0.15) is 5.82 Å². The molecule has 0 saturated heterocycles. The van der Waals surface area contributed by atoms with Crippen molar-refractivity contribution in [2.45, 2.75) is 25.7 Å². The number of amides is 2. The van der Waals surface area contributed by atoms with E-state index in [1.807, 2.05) is 6.07 Å². The molecular formula is C16H20FN3O2. The molecule has 0 atom stereocenters. The van der Waals surface area contributed by atoms with E-state index in [-0.39, 0.29) is 30.3 Å². The summed E-state index contributed by atoms with van der Waals surface area (Å²) < 4.78 is 13.5. The van der Waals surface area contributed by atoms with E-state index in [1.165, 1.54) is 17.0 Å². The summed E-state index contributed by atoms with van der Waals surface area (Å²) in [5.74, 6) is -0.970. The number of hydrogen-bond donors (Lipinski definition) is 1. The molecule has 5 nitrogen and oxygen atoms in total. The first-order valence-electron chi connectivity index (χ1n) is 6.88. The first-order chi connectivity index (χ1) is 10.2. The number of benzene rings is 1. The van der Waals surface area contributed by atoms with Crippen molar-refractivity contribution in [3.8, 4) is 6.07 Å². The Bertz CT molecular complexity index is 618. The predicted octanol–water partition coefficient (Wildman–Crippen LogP) is 1.57. The van der Waals surface area contributed by atoms with Gasteiger partial charge in [0.05, 0.1) is 17.0 Å². The molecule has 0 bridgehead atoms. The molecule has 1 N–H and O–H groups in total.